The summed E-state index contributed by atoms with van der Waals surface area (Å²) in [7, 11) is 2.45. The first-order valence-corrected chi connectivity index (χ1v) is 12.1. The van der Waals surface area contributed by atoms with E-state index in [1.807, 2.05) is 47.4 Å². The zero-order valence-electron chi connectivity index (χ0n) is 19.7. The molecule has 1 aliphatic heterocycles. The Morgan fingerprint density at radius 1 is 0.889 bits per heavy atom. The number of nitrogens with zero attached hydrogens (tertiary/aromatic N) is 1. The van der Waals surface area contributed by atoms with Crippen LogP contribution in [0.5, 0.6) is 0 Å². The summed E-state index contributed by atoms with van der Waals surface area (Å²) in [5, 5.41) is 2.57. The Kier molecular flexibility index (Phi) is 7.70. The smallest absolute Gasteiger partial charge is 0.337 e. The first-order chi connectivity index (χ1) is 17.4. The highest BCUT2D eigenvalue weighted by molar-refractivity contribution is 8.00. The molecule has 184 valence electrons. The van der Waals surface area contributed by atoms with Crippen molar-refractivity contribution in [2.45, 2.75) is 11.9 Å². The molecular formula is C27H24N2O6S. The highest BCUT2D eigenvalue weighted by Crippen LogP contribution is 2.39. The SMILES string of the molecule is COC(=O)c1cc(NC(=O)c2ccc([C@H]3SCC(=O)N3Cc3ccccc3)cc2)cc(C(=O)OC)c1. The number of anilines is 1. The number of rotatable bonds is 7. The summed E-state index contributed by atoms with van der Waals surface area (Å²) < 4.78 is 9.46. The van der Waals surface area contributed by atoms with Gasteiger partial charge in [0, 0.05) is 17.8 Å². The van der Waals surface area contributed by atoms with Gasteiger partial charge in [0.25, 0.3) is 5.91 Å². The van der Waals surface area contributed by atoms with Crippen molar-refractivity contribution in [1.29, 1.82) is 0 Å². The minimum atomic E-state index is -0.649. The summed E-state index contributed by atoms with van der Waals surface area (Å²) in [4.78, 5) is 51.2. The fourth-order valence-electron chi connectivity index (χ4n) is 3.85. The number of amides is 2. The highest BCUT2D eigenvalue weighted by atomic mass is 32.2. The van der Waals surface area contributed by atoms with Gasteiger partial charge in [-0.25, -0.2) is 9.59 Å². The number of esters is 2. The van der Waals surface area contributed by atoms with Gasteiger partial charge in [-0.1, -0.05) is 42.5 Å². The fraction of sp³-hybridized carbons (Fsp3) is 0.185. The molecule has 1 heterocycles. The van der Waals surface area contributed by atoms with Gasteiger partial charge in [-0.2, -0.15) is 0 Å². The van der Waals surface area contributed by atoms with E-state index in [-0.39, 0.29) is 28.1 Å². The van der Waals surface area contributed by atoms with Gasteiger partial charge >= 0.3 is 11.9 Å². The van der Waals surface area contributed by atoms with Crippen molar-refractivity contribution in [3.8, 4) is 0 Å². The molecule has 1 aliphatic rings. The number of benzene rings is 3. The van der Waals surface area contributed by atoms with E-state index < -0.39 is 17.8 Å². The number of nitrogens with one attached hydrogen (secondary N) is 1. The molecule has 8 nitrogen and oxygen atoms in total. The molecule has 3 aromatic carbocycles. The van der Waals surface area contributed by atoms with Crippen LogP contribution in [0.4, 0.5) is 5.69 Å². The number of hydrogen-bond donors (Lipinski definition) is 1. The summed E-state index contributed by atoms with van der Waals surface area (Å²) in [5.74, 6) is -1.24. The first-order valence-electron chi connectivity index (χ1n) is 11.1. The quantitative estimate of drug-likeness (QED) is 0.479. The number of carbonyl (C=O) groups excluding carboxylic acids is 4. The molecule has 36 heavy (non-hydrogen) atoms. The third-order valence-corrected chi connectivity index (χ3v) is 6.91. The van der Waals surface area contributed by atoms with E-state index in [4.69, 9.17) is 9.47 Å². The molecule has 9 heteroatoms. The number of methoxy groups -OCH3 is 2. The number of thioether (sulfide) groups is 1. The van der Waals surface area contributed by atoms with E-state index in [2.05, 4.69) is 5.32 Å². The molecule has 1 saturated heterocycles. The van der Waals surface area contributed by atoms with Crippen LogP contribution in [0.1, 0.15) is 47.6 Å². The lowest BCUT2D eigenvalue weighted by Crippen LogP contribution is -2.27. The van der Waals surface area contributed by atoms with Crippen LogP contribution in [0, 0.1) is 0 Å². The number of ether oxygens (including phenoxy) is 2. The maximum atomic E-state index is 12.9. The van der Waals surface area contributed by atoms with Gasteiger partial charge in [-0.3, -0.25) is 9.59 Å². The Labute approximate surface area is 212 Å². The average Bonchev–Trinajstić information content (AvgIpc) is 3.27. The Morgan fingerprint density at radius 3 is 2.08 bits per heavy atom. The minimum Gasteiger partial charge on any atom is -0.465 e. The molecule has 0 unspecified atom stereocenters. The van der Waals surface area contributed by atoms with Gasteiger partial charge in [0.2, 0.25) is 5.91 Å². The Hall–Kier alpha value is -4.11. The lowest BCUT2D eigenvalue weighted by molar-refractivity contribution is -0.128. The third kappa shape index (κ3) is 5.58. The molecule has 1 N–H and O–H groups in total. The minimum absolute atomic E-state index is 0.0718. The maximum absolute atomic E-state index is 12.9. The van der Waals surface area contributed by atoms with Crippen LogP contribution in [0.3, 0.4) is 0 Å². The molecule has 3 aromatic rings. The van der Waals surface area contributed by atoms with Gasteiger partial charge in [0.1, 0.15) is 5.37 Å². The van der Waals surface area contributed by atoms with Crippen LogP contribution in [0.25, 0.3) is 0 Å². The van der Waals surface area contributed by atoms with Crippen molar-refractivity contribution in [2.24, 2.45) is 0 Å². The van der Waals surface area contributed by atoms with Gasteiger partial charge in [0.15, 0.2) is 0 Å². The number of carbonyl (C=O) groups is 4. The van der Waals surface area contributed by atoms with E-state index >= 15 is 0 Å². The van der Waals surface area contributed by atoms with Crippen LogP contribution in [0.2, 0.25) is 0 Å². The van der Waals surface area contributed by atoms with Crippen molar-refractivity contribution in [1.82, 2.24) is 4.90 Å². The van der Waals surface area contributed by atoms with Crippen molar-refractivity contribution >= 4 is 41.2 Å². The summed E-state index contributed by atoms with van der Waals surface area (Å²) >= 11 is 1.55. The predicted octanol–water partition coefficient (Wildman–Crippen LogP) is 4.29. The van der Waals surface area contributed by atoms with Crippen LogP contribution >= 0.6 is 11.8 Å². The summed E-state index contributed by atoms with van der Waals surface area (Å²) in [6.45, 7) is 0.513. The van der Waals surface area contributed by atoms with Gasteiger partial charge in [-0.05, 0) is 41.5 Å². The van der Waals surface area contributed by atoms with Crippen LogP contribution in [-0.2, 0) is 20.8 Å². The zero-order chi connectivity index (χ0) is 25.7. The maximum Gasteiger partial charge on any atom is 0.337 e. The summed E-state index contributed by atoms with van der Waals surface area (Å²) in [5.41, 5.74) is 2.80. The van der Waals surface area contributed by atoms with Gasteiger partial charge < -0.3 is 19.7 Å². The topological polar surface area (TPSA) is 102 Å². The predicted molar refractivity (Wildman–Crippen MR) is 136 cm³/mol. The third-order valence-electron chi connectivity index (χ3n) is 5.65. The number of hydrogen-bond acceptors (Lipinski definition) is 7. The van der Waals surface area contributed by atoms with Gasteiger partial charge in [-0.15, -0.1) is 11.8 Å². The largest absolute Gasteiger partial charge is 0.465 e. The molecule has 0 bridgehead atoms. The molecule has 4 rings (SSSR count). The Bertz CT molecular complexity index is 1260. The van der Waals surface area contributed by atoms with Crippen molar-refractivity contribution < 1.29 is 28.7 Å². The second kappa shape index (κ2) is 11.1. The van der Waals surface area contributed by atoms with E-state index in [9.17, 15) is 19.2 Å². The lowest BCUT2D eigenvalue weighted by atomic mass is 10.1. The van der Waals surface area contributed by atoms with E-state index in [0.717, 1.165) is 11.1 Å². The van der Waals surface area contributed by atoms with Crippen molar-refractivity contribution in [2.75, 3.05) is 25.3 Å². The molecule has 1 fully saturated rings. The van der Waals surface area contributed by atoms with E-state index in [1.54, 1.807) is 23.9 Å². The van der Waals surface area contributed by atoms with Crippen LogP contribution in [0.15, 0.2) is 72.8 Å². The standard InChI is InChI=1S/C27H24N2O6S/c1-34-26(32)20-12-21(27(33)35-2)14-22(13-20)28-24(31)18-8-10-19(11-9-18)25-29(23(30)16-36-25)15-17-6-4-3-5-7-17/h3-14,25H,15-16H2,1-2H3,(H,28,31)/t25-/m1/s1. The average molecular weight is 505 g/mol. The molecular weight excluding hydrogens is 480 g/mol. The Balaban J connectivity index is 1.51. The summed E-state index contributed by atoms with van der Waals surface area (Å²) in [6, 6.07) is 21.0. The monoisotopic (exact) mass is 504 g/mol. The van der Waals surface area contributed by atoms with E-state index in [0.29, 0.717) is 17.9 Å². The first kappa shape index (κ1) is 25.0. The molecule has 0 aliphatic carbocycles. The molecule has 0 spiro atoms. The van der Waals surface area contributed by atoms with Gasteiger partial charge in [0.05, 0.1) is 31.1 Å². The van der Waals surface area contributed by atoms with Crippen LogP contribution in [-0.4, -0.2) is 48.6 Å². The highest BCUT2D eigenvalue weighted by Gasteiger charge is 2.32. The summed E-state index contributed by atoms with van der Waals surface area (Å²) in [6.07, 6.45) is 0. The second-order valence-corrected chi connectivity index (χ2v) is 9.10. The van der Waals surface area contributed by atoms with Crippen molar-refractivity contribution in [3.63, 3.8) is 0 Å². The molecule has 2 amide bonds. The molecule has 0 aromatic heterocycles. The zero-order valence-corrected chi connectivity index (χ0v) is 20.5. The lowest BCUT2D eigenvalue weighted by Gasteiger charge is -2.24. The normalized spacial score (nSPS) is 14.9. The second-order valence-electron chi connectivity index (χ2n) is 8.03. The van der Waals surface area contributed by atoms with Crippen LogP contribution < -0.4 is 5.32 Å². The molecule has 0 radical (unpaired) electrons. The van der Waals surface area contributed by atoms with Crippen molar-refractivity contribution in [3.05, 3.63) is 101 Å². The Morgan fingerprint density at radius 2 is 1.50 bits per heavy atom. The molecule has 0 saturated carbocycles. The fourth-order valence-corrected chi connectivity index (χ4v) is 5.04. The van der Waals surface area contributed by atoms with E-state index in [1.165, 1.54) is 32.4 Å². The molecule has 1 atom stereocenters.